The van der Waals surface area contributed by atoms with Crippen LogP contribution < -0.4 is 4.74 Å². The summed E-state index contributed by atoms with van der Waals surface area (Å²) in [5, 5.41) is 8.93. The molecule has 2 heterocycles. The predicted molar refractivity (Wildman–Crippen MR) is 63.1 cm³/mol. The largest absolute Gasteiger partial charge is 0.477 e. The van der Waals surface area contributed by atoms with Gasteiger partial charge in [-0.25, -0.2) is 4.79 Å². The van der Waals surface area contributed by atoms with Gasteiger partial charge in [-0.1, -0.05) is 22.9 Å². The van der Waals surface area contributed by atoms with Crippen LogP contribution in [0.15, 0.2) is 18.3 Å². The topological polar surface area (TPSA) is 72.3 Å². The van der Waals surface area contributed by atoms with E-state index in [-0.39, 0.29) is 15.2 Å². The smallest absolute Gasteiger partial charge is 0.349 e. The second kappa shape index (κ2) is 4.68. The Morgan fingerprint density at radius 2 is 2.35 bits per heavy atom. The Hall–Kier alpha value is -1.66. The van der Waals surface area contributed by atoms with Gasteiger partial charge in [0.25, 0.3) is 5.19 Å². The molecule has 0 aliphatic heterocycles. The second-order valence-electron chi connectivity index (χ2n) is 3.09. The summed E-state index contributed by atoms with van der Waals surface area (Å²) >= 11 is 6.55. The van der Waals surface area contributed by atoms with Crippen LogP contribution in [0.3, 0.4) is 0 Å². The highest BCUT2D eigenvalue weighted by atomic mass is 35.5. The number of halogens is 1. The fraction of sp³-hybridized carbons (Fsp3) is 0.100. The molecule has 2 aromatic heterocycles. The number of nitrogens with zero attached hydrogens (tertiary/aromatic N) is 2. The number of rotatable bonds is 3. The molecule has 0 saturated carbocycles. The summed E-state index contributed by atoms with van der Waals surface area (Å²) in [6.45, 7) is 1.78. The Kier molecular flexibility index (Phi) is 3.26. The van der Waals surface area contributed by atoms with Crippen molar-refractivity contribution in [2.75, 3.05) is 0 Å². The first-order valence-electron chi connectivity index (χ1n) is 4.57. The molecule has 0 aliphatic carbocycles. The van der Waals surface area contributed by atoms with Crippen molar-refractivity contribution in [1.29, 1.82) is 0 Å². The summed E-state index contributed by atoms with van der Waals surface area (Å²) in [7, 11) is 0. The number of carboxylic acid groups (broad SMARTS) is 1. The van der Waals surface area contributed by atoms with Crippen LogP contribution in [0.5, 0.6) is 10.9 Å². The third kappa shape index (κ3) is 2.54. The summed E-state index contributed by atoms with van der Waals surface area (Å²) in [6.07, 6.45) is 1.64. The minimum Gasteiger partial charge on any atom is -0.477 e. The maximum Gasteiger partial charge on any atom is 0.349 e. The molecule has 2 rings (SSSR count). The minimum absolute atomic E-state index is 0.0387. The first-order valence-corrected chi connectivity index (χ1v) is 5.76. The van der Waals surface area contributed by atoms with Gasteiger partial charge in [0.05, 0.1) is 5.69 Å². The number of thiazole rings is 1. The Morgan fingerprint density at radius 1 is 1.59 bits per heavy atom. The second-order valence-corrected chi connectivity index (χ2v) is 4.41. The predicted octanol–water partition coefficient (Wildman–Crippen LogP) is 2.99. The molecule has 7 heteroatoms. The maximum absolute atomic E-state index is 10.8. The Labute approximate surface area is 106 Å². The van der Waals surface area contributed by atoms with Gasteiger partial charge in [0, 0.05) is 6.20 Å². The summed E-state index contributed by atoms with van der Waals surface area (Å²) in [4.78, 5) is 18.6. The van der Waals surface area contributed by atoms with Crippen LogP contribution in [-0.4, -0.2) is 21.0 Å². The molecule has 0 bridgehead atoms. The summed E-state index contributed by atoms with van der Waals surface area (Å²) < 4.78 is 5.42. The van der Waals surface area contributed by atoms with Crippen molar-refractivity contribution in [3.8, 4) is 10.9 Å². The highest BCUT2D eigenvalue weighted by Crippen LogP contribution is 2.32. The molecule has 0 aromatic carbocycles. The van der Waals surface area contributed by atoms with Crippen LogP contribution in [0.4, 0.5) is 0 Å². The van der Waals surface area contributed by atoms with Gasteiger partial charge < -0.3 is 9.84 Å². The average Bonchev–Trinajstić information content (AvgIpc) is 2.63. The van der Waals surface area contributed by atoms with E-state index in [1.807, 2.05) is 0 Å². The molecule has 0 fully saturated rings. The van der Waals surface area contributed by atoms with Crippen molar-refractivity contribution in [3.05, 3.63) is 34.1 Å². The van der Waals surface area contributed by atoms with E-state index in [0.717, 1.165) is 11.3 Å². The Balaban J connectivity index is 2.28. The van der Waals surface area contributed by atoms with E-state index in [9.17, 15) is 4.79 Å². The van der Waals surface area contributed by atoms with Crippen molar-refractivity contribution >= 4 is 28.9 Å². The zero-order chi connectivity index (χ0) is 12.4. The summed E-state index contributed by atoms with van der Waals surface area (Å²) in [5.74, 6) is -0.597. The van der Waals surface area contributed by atoms with Crippen molar-refractivity contribution in [3.63, 3.8) is 0 Å². The molecule has 0 amide bonds. The number of aryl methyl sites for hydroxylation is 1. The molecule has 1 N–H and O–H groups in total. The standard InChI is InChI=1S/C10H7ClN2O3S/c1-5-6(3-2-4-12-5)16-10-13-8(11)7(17-10)9(14)15/h2-4H,1H3,(H,14,15). The summed E-state index contributed by atoms with van der Waals surface area (Å²) in [6, 6.07) is 3.44. The first-order chi connectivity index (χ1) is 8.08. The minimum atomic E-state index is -1.12. The van der Waals surface area contributed by atoms with E-state index < -0.39 is 5.97 Å². The van der Waals surface area contributed by atoms with Gasteiger partial charge in [-0.2, -0.15) is 4.98 Å². The molecule has 0 spiro atoms. The third-order valence-corrected chi connectivity index (χ3v) is 3.22. The summed E-state index contributed by atoms with van der Waals surface area (Å²) in [5.41, 5.74) is 0.690. The normalized spacial score (nSPS) is 10.2. The van der Waals surface area contributed by atoms with Gasteiger partial charge in [0.1, 0.15) is 0 Å². The highest BCUT2D eigenvalue weighted by Gasteiger charge is 2.17. The van der Waals surface area contributed by atoms with Crippen molar-refractivity contribution < 1.29 is 14.6 Å². The molecule has 0 aliphatic rings. The lowest BCUT2D eigenvalue weighted by Crippen LogP contribution is -1.91. The van der Waals surface area contributed by atoms with E-state index in [1.54, 1.807) is 25.3 Å². The molecule has 0 radical (unpaired) electrons. The van der Waals surface area contributed by atoms with E-state index in [4.69, 9.17) is 21.4 Å². The Morgan fingerprint density at radius 3 is 2.94 bits per heavy atom. The van der Waals surface area contributed by atoms with Crippen molar-refractivity contribution in [1.82, 2.24) is 9.97 Å². The zero-order valence-corrected chi connectivity index (χ0v) is 10.2. The number of carbonyl (C=O) groups is 1. The monoisotopic (exact) mass is 270 g/mol. The molecule has 17 heavy (non-hydrogen) atoms. The third-order valence-electron chi connectivity index (χ3n) is 1.92. The first kappa shape index (κ1) is 11.8. The number of ether oxygens (including phenoxy) is 1. The molecule has 2 aromatic rings. The van der Waals surface area contributed by atoms with Gasteiger partial charge in [0.15, 0.2) is 15.8 Å². The lowest BCUT2D eigenvalue weighted by molar-refractivity contribution is 0.0702. The van der Waals surface area contributed by atoms with Gasteiger partial charge in [-0.3, -0.25) is 4.98 Å². The van der Waals surface area contributed by atoms with Gasteiger partial charge >= 0.3 is 5.97 Å². The highest BCUT2D eigenvalue weighted by molar-refractivity contribution is 7.15. The van der Waals surface area contributed by atoms with Crippen molar-refractivity contribution in [2.45, 2.75) is 6.92 Å². The molecular weight excluding hydrogens is 264 g/mol. The fourth-order valence-electron chi connectivity index (χ4n) is 1.13. The van der Waals surface area contributed by atoms with Crippen LogP contribution in [0.1, 0.15) is 15.4 Å². The van der Waals surface area contributed by atoms with Crippen LogP contribution in [0.2, 0.25) is 5.15 Å². The molecule has 88 valence electrons. The number of hydrogen-bond donors (Lipinski definition) is 1. The van der Waals surface area contributed by atoms with Gasteiger partial charge in [-0.05, 0) is 19.1 Å². The van der Waals surface area contributed by atoms with Crippen LogP contribution in [-0.2, 0) is 0 Å². The van der Waals surface area contributed by atoms with Gasteiger partial charge in [0.2, 0.25) is 0 Å². The number of hydrogen-bond acceptors (Lipinski definition) is 5. The van der Waals surface area contributed by atoms with Crippen LogP contribution >= 0.6 is 22.9 Å². The maximum atomic E-state index is 10.8. The lowest BCUT2D eigenvalue weighted by atomic mass is 10.3. The van der Waals surface area contributed by atoms with E-state index in [1.165, 1.54) is 0 Å². The van der Waals surface area contributed by atoms with E-state index in [2.05, 4.69) is 9.97 Å². The average molecular weight is 271 g/mol. The number of pyridine rings is 1. The van der Waals surface area contributed by atoms with E-state index in [0.29, 0.717) is 11.4 Å². The van der Waals surface area contributed by atoms with Crippen molar-refractivity contribution in [2.24, 2.45) is 0 Å². The van der Waals surface area contributed by atoms with Gasteiger partial charge in [-0.15, -0.1) is 0 Å². The number of aromatic nitrogens is 2. The molecule has 0 saturated heterocycles. The molecular formula is C10H7ClN2O3S. The van der Waals surface area contributed by atoms with E-state index >= 15 is 0 Å². The Bertz CT molecular complexity index is 570. The lowest BCUT2D eigenvalue weighted by Gasteiger charge is -2.02. The van der Waals surface area contributed by atoms with Crippen LogP contribution in [0.25, 0.3) is 0 Å². The van der Waals surface area contributed by atoms with Crippen LogP contribution in [0, 0.1) is 6.92 Å². The SMILES string of the molecule is Cc1ncccc1Oc1nc(Cl)c(C(=O)O)s1. The number of aromatic carboxylic acids is 1. The fourth-order valence-corrected chi connectivity index (χ4v) is 2.11. The zero-order valence-electron chi connectivity index (χ0n) is 8.68. The molecule has 0 unspecified atom stereocenters. The quantitative estimate of drug-likeness (QED) is 0.928. The molecule has 5 nitrogen and oxygen atoms in total. The number of carboxylic acids is 1. The molecule has 0 atom stereocenters.